The summed E-state index contributed by atoms with van der Waals surface area (Å²) in [5.41, 5.74) is 3.89. The molecule has 0 spiro atoms. The van der Waals surface area contributed by atoms with Crippen molar-refractivity contribution in [2.45, 2.75) is 69.8 Å². The summed E-state index contributed by atoms with van der Waals surface area (Å²) in [6, 6.07) is 17.1. The van der Waals surface area contributed by atoms with Crippen LogP contribution in [0.3, 0.4) is 0 Å². The molecular weight excluding hydrogens is 581 g/mol. The summed E-state index contributed by atoms with van der Waals surface area (Å²) in [7, 11) is 3.35. The number of likely N-dealkylation sites (tertiary alicyclic amines) is 1. The van der Waals surface area contributed by atoms with Crippen molar-refractivity contribution in [3.05, 3.63) is 71.1 Å². The monoisotopic (exact) mass is 618 g/mol. The Morgan fingerprint density at radius 3 is 2.36 bits per heavy atom. The Kier molecular flexibility index (Phi) is 10.1. The fraction of sp³-hybridized carbons (Fsp3) is 0.452. The topological polar surface area (TPSA) is 126 Å². The molecule has 0 radical (unpaired) electrons. The standard InChI is InChI=1S/C29H36N4O4.C2HF3O2/c1-19-27(20(2)37-32-19)31-28(34)30-23-12-13-29(22-10-11-24(35-3)25(16-22)36-4)14-15-33(26(29)17-23)18-21-8-6-5-7-9-21;3-2(4,5)1(6)7/h5-11,16,23,26H,12-15,17-18H2,1-4H3,(H2,30,31,34);(H,6,7). The Bertz CT molecular complexity index is 1430. The summed E-state index contributed by atoms with van der Waals surface area (Å²) in [5.74, 6) is -0.653. The van der Waals surface area contributed by atoms with E-state index in [9.17, 15) is 18.0 Å². The second kappa shape index (κ2) is 13.6. The van der Waals surface area contributed by atoms with Gasteiger partial charge in [0.15, 0.2) is 17.3 Å². The molecule has 1 aliphatic carbocycles. The van der Waals surface area contributed by atoms with Crippen LogP contribution in [0.5, 0.6) is 11.5 Å². The summed E-state index contributed by atoms with van der Waals surface area (Å²) >= 11 is 0. The summed E-state index contributed by atoms with van der Waals surface area (Å²) in [4.78, 5) is 24.4. The van der Waals surface area contributed by atoms with E-state index in [0.29, 0.717) is 17.1 Å². The SMILES string of the molecule is COc1ccc(C23CCC(NC(=O)Nc4c(C)noc4C)CC2N(Cc2ccccc2)CC3)cc1OC.O=C(O)C(F)(F)F. The van der Waals surface area contributed by atoms with Gasteiger partial charge in [0.05, 0.1) is 14.2 Å². The van der Waals surface area contributed by atoms with Crippen molar-refractivity contribution in [3.8, 4) is 11.5 Å². The summed E-state index contributed by atoms with van der Waals surface area (Å²) < 4.78 is 48.1. The molecule has 2 amide bonds. The van der Waals surface area contributed by atoms with Gasteiger partial charge in [0.2, 0.25) is 0 Å². The number of alkyl halides is 3. The highest BCUT2D eigenvalue weighted by atomic mass is 19.4. The number of ether oxygens (including phenoxy) is 2. The van der Waals surface area contributed by atoms with E-state index in [1.165, 1.54) is 11.1 Å². The molecule has 10 nitrogen and oxygen atoms in total. The lowest BCUT2D eigenvalue weighted by Gasteiger charge is -2.45. The number of aliphatic carboxylic acids is 1. The number of hydrogen-bond donors (Lipinski definition) is 3. The third-order valence-corrected chi connectivity index (χ3v) is 8.41. The first-order chi connectivity index (χ1) is 20.9. The van der Waals surface area contributed by atoms with E-state index < -0.39 is 12.1 Å². The number of carbonyl (C=O) groups excluding carboxylic acids is 1. The van der Waals surface area contributed by atoms with E-state index >= 15 is 0 Å². The molecule has 3 N–H and O–H groups in total. The smallest absolute Gasteiger partial charge is 0.490 e. The van der Waals surface area contributed by atoms with Crippen LogP contribution in [0.15, 0.2) is 53.1 Å². The Labute approximate surface area is 253 Å². The van der Waals surface area contributed by atoms with Gasteiger partial charge < -0.3 is 29.7 Å². The minimum Gasteiger partial charge on any atom is -0.493 e. The highest BCUT2D eigenvalue weighted by molar-refractivity contribution is 5.90. The number of nitrogens with zero attached hydrogens (tertiary/aromatic N) is 2. The number of rotatable bonds is 7. The third kappa shape index (κ3) is 7.26. The first-order valence-electron chi connectivity index (χ1n) is 14.2. The minimum atomic E-state index is -5.08. The van der Waals surface area contributed by atoms with E-state index in [4.69, 9.17) is 23.9 Å². The maximum absolute atomic E-state index is 12.9. The molecular formula is C31H37F3N4O6. The maximum atomic E-state index is 12.9. The number of hydrogen-bond acceptors (Lipinski definition) is 7. The summed E-state index contributed by atoms with van der Waals surface area (Å²) in [6.07, 6.45) is -1.26. The molecule has 1 aliphatic heterocycles. The molecule has 3 unspecified atom stereocenters. The molecule has 1 saturated carbocycles. The number of aryl methyl sites for hydroxylation is 2. The molecule has 3 atom stereocenters. The Hall–Kier alpha value is -4.26. The van der Waals surface area contributed by atoms with Gasteiger partial charge in [-0.25, -0.2) is 9.59 Å². The average molecular weight is 619 g/mol. The van der Waals surface area contributed by atoms with Crippen molar-refractivity contribution in [3.63, 3.8) is 0 Å². The van der Waals surface area contributed by atoms with Gasteiger partial charge in [0.25, 0.3) is 0 Å². The molecule has 3 aromatic rings. The zero-order chi connectivity index (χ0) is 32.1. The van der Waals surface area contributed by atoms with Crippen LogP contribution in [0.25, 0.3) is 0 Å². The van der Waals surface area contributed by atoms with Crippen LogP contribution >= 0.6 is 0 Å². The van der Waals surface area contributed by atoms with E-state index in [2.05, 4.69) is 63.2 Å². The summed E-state index contributed by atoms with van der Waals surface area (Å²) in [5, 5.41) is 17.2. The molecule has 2 aromatic carbocycles. The van der Waals surface area contributed by atoms with Crippen LogP contribution in [0.2, 0.25) is 0 Å². The van der Waals surface area contributed by atoms with E-state index in [1.54, 1.807) is 21.1 Å². The van der Waals surface area contributed by atoms with Crippen molar-refractivity contribution >= 4 is 17.7 Å². The first-order valence-corrected chi connectivity index (χ1v) is 14.2. The normalized spacial score (nSPS) is 21.4. The third-order valence-electron chi connectivity index (χ3n) is 8.41. The first kappa shape index (κ1) is 32.6. The Morgan fingerprint density at radius 2 is 1.77 bits per heavy atom. The predicted octanol–water partition coefficient (Wildman–Crippen LogP) is 5.83. The lowest BCUT2D eigenvalue weighted by Crippen LogP contribution is -2.52. The number of methoxy groups -OCH3 is 2. The number of carboxylic acid groups (broad SMARTS) is 1. The van der Waals surface area contributed by atoms with Crippen LogP contribution in [-0.4, -0.2) is 66.2 Å². The lowest BCUT2D eigenvalue weighted by atomic mass is 9.65. The maximum Gasteiger partial charge on any atom is 0.490 e. The zero-order valence-electron chi connectivity index (χ0n) is 25.0. The van der Waals surface area contributed by atoms with Crippen LogP contribution in [-0.2, 0) is 16.8 Å². The Balaban J connectivity index is 0.000000566. The largest absolute Gasteiger partial charge is 0.493 e. The van der Waals surface area contributed by atoms with E-state index in [0.717, 1.165) is 50.3 Å². The van der Waals surface area contributed by atoms with Crippen molar-refractivity contribution in [2.24, 2.45) is 0 Å². The Morgan fingerprint density at radius 1 is 1.09 bits per heavy atom. The molecule has 2 fully saturated rings. The molecule has 238 valence electrons. The molecule has 1 saturated heterocycles. The molecule has 2 aliphatic rings. The highest BCUT2D eigenvalue weighted by Gasteiger charge is 2.51. The van der Waals surface area contributed by atoms with Gasteiger partial charge in [0, 0.05) is 24.0 Å². The van der Waals surface area contributed by atoms with Crippen molar-refractivity contribution < 1.29 is 41.9 Å². The van der Waals surface area contributed by atoms with Gasteiger partial charge in [-0.05, 0) is 69.3 Å². The van der Waals surface area contributed by atoms with Crippen LogP contribution in [0, 0.1) is 13.8 Å². The second-order valence-electron chi connectivity index (χ2n) is 11.0. The van der Waals surface area contributed by atoms with Crippen LogP contribution in [0.1, 0.15) is 48.3 Å². The number of amides is 2. The molecule has 13 heteroatoms. The number of fused-ring (bicyclic) bond motifs is 1. The van der Waals surface area contributed by atoms with Gasteiger partial charge in [-0.1, -0.05) is 41.6 Å². The lowest BCUT2D eigenvalue weighted by molar-refractivity contribution is -0.192. The molecule has 1 aromatic heterocycles. The number of benzene rings is 2. The fourth-order valence-corrected chi connectivity index (χ4v) is 6.26. The fourth-order valence-electron chi connectivity index (χ4n) is 6.26. The van der Waals surface area contributed by atoms with Gasteiger partial charge in [-0.15, -0.1) is 0 Å². The van der Waals surface area contributed by atoms with Crippen LogP contribution < -0.4 is 20.1 Å². The molecule has 5 rings (SSSR count). The minimum absolute atomic E-state index is 0.00928. The van der Waals surface area contributed by atoms with E-state index in [-0.39, 0.29) is 23.5 Å². The number of carboxylic acids is 1. The molecule has 44 heavy (non-hydrogen) atoms. The molecule has 2 heterocycles. The number of aromatic nitrogens is 1. The number of carbonyl (C=O) groups is 2. The average Bonchev–Trinajstić information content (AvgIpc) is 3.52. The molecule has 0 bridgehead atoms. The van der Waals surface area contributed by atoms with Crippen molar-refractivity contribution in [1.82, 2.24) is 15.4 Å². The van der Waals surface area contributed by atoms with Gasteiger partial charge in [-0.3, -0.25) is 4.90 Å². The number of urea groups is 1. The second-order valence-corrected chi connectivity index (χ2v) is 11.0. The highest BCUT2D eigenvalue weighted by Crippen LogP contribution is 2.50. The van der Waals surface area contributed by atoms with E-state index in [1.807, 2.05) is 13.0 Å². The number of nitrogens with one attached hydrogen (secondary N) is 2. The van der Waals surface area contributed by atoms with Gasteiger partial charge in [0.1, 0.15) is 11.4 Å². The quantitative estimate of drug-likeness (QED) is 0.302. The zero-order valence-corrected chi connectivity index (χ0v) is 25.0. The van der Waals surface area contributed by atoms with Gasteiger partial charge >= 0.3 is 18.2 Å². The summed E-state index contributed by atoms with van der Waals surface area (Å²) in [6.45, 7) is 5.52. The van der Waals surface area contributed by atoms with Gasteiger partial charge in [-0.2, -0.15) is 13.2 Å². The number of anilines is 1. The predicted molar refractivity (Wildman–Crippen MR) is 156 cm³/mol. The van der Waals surface area contributed by atoms with Crippen LogP contribution in [0.4, 0.5) is 23.7 Å². The number of halogens is 3. The van der Waals surface area contributed by atoms with Crippen molar-refractivity contribution in [2.75, 3.05) is 26.1 Å². The van der Waals surface area contributed by atoms with Crippen molar-refractivity contribution in [1.29, 1.82) is 0 Å².